The second-order valence-corrected chi connectivity index (χ2v) is 5.63. The van der Waals surface area contributed by atoms with Crippen LogP contribution < -0.4 is 4.74 Å². The maximum atomic E-state index is 12.3. The average Bonchev–Trinajstić information content (AvgIpc) is 2.51. The standard InChI is InChI=1S/C17H25NO3/c1-2-3-4-12-21-16-9-7-14(8-10-16)17(20)18-11-5-6-15(19)13-18/h7-10,15,19H,2-6,11-13H2,1H3. The number of unbranched alkanes of at least 4 members (excludes halogenated alkanes) is 2. The first-order valence-corrected chi connectivity index (χ1v) is 7.91. The Balaban J connectivity index is 1.87. The van der Waals surface area contributed by atoms with Crippen LogP contribution in [0.5, 0.6) is 5.75 Å². The summed E-state index contributed by atoms with van der Waals surface area (Å²) in [4.78, 5) is 14.1. The van der Waals surface area contributed by atoms with Crippen molar-refractivity contribution in [2.45, 2.75) is 45.1 Å². The van der Waals surface area contributed by atoms with E-state index in [1.54, 1.807) is 17.0 Å². The zero-order chi connectivity index (χ0) is 15.1. The fourth-order valence-electron chi connectivity index (χ4n) is 2.56. The molecule has 0 bridgehead atoms. The van der Waals surface area contributed by atoms with E-state index in [0.717, 1.165) is 38.2 Å². The lowest BCUT2D eigenvalue weighted by molar-refractivity contribution is 0.0473. The third-order valence-corrected chi connectivity index (χ3v) is 3.80. The molecule has 0 saturated carbocycles. The number of hydrogen-bond donors (Lipinski definition) is 1. The normalized spacial score (nSPS) is 18.6. The smallest absolute Gasteiger partial charge is 0.253 e. The predicted octanol–water partition coefficient (Wildman–Crippen LogP) is 2.85. The number of ether oxygens (including phenoxy) is 1. The molecule has 1 aliphatic rings. The topological polar surface area (TPSA) is 49.8 Å². The first kappa shape index (κ1) is 15.8. The molecule has 1 heterocycles. The summed E-state index contributed by atoms with van der Waals surface area (Å²) in [6.45, 7) is 4.05. The van der Waals surface area contributed by atoms with Crippen LogP contribution in [0.3, 0.4) is 0 Å². The van der Waals surface area contributed by atoms with Gasteiger partial charge in [-0.25, -0.2) is 0 Å². The van der Waals surface area contributed by atoms with Crippen molar-refractivity contribution in [2.75, 3.05) is 19.7 Å². The van der Waals surface area contributed by atoms with E-state index in [2.05, 4.69) is 6.92 Å². The van der Waals surface area contributed by atoms with Gasteiger partial charge in [-0.05, 0) is 43.5 Å². The van der Waals surface area contributed by atoms with Gasteiger partial charge < -0.3 is 14.7 Å². The number of hydrogen-bond acceptors (Lipinski definition) is 3. The number of aliphatic hydroxyl groups excluding tert-OH is 1. The van der Waals surface area contributed by atoms with E-state index in [4.69, 9.17) is 4.74 Å². The molecule has 1 atom stereocenters. The Morgan fingerprint density at radius 1 is 1.33 bits per heavy atom. The summed E-state index contributed by atoms with van der Waals surface area (Å²) in [5.41, 5.74) is 0.657. The molecule has 0 spiro atoms. The van der Waals surface area contributed by atoms with Gasteiger partial charge in [0.25, 0.3) is 5.91 Å². The fraction of sp³-hybridized carbons (Fsp3) is 0.588. The van der Waals surface area contributed by atoms with Gasteiger partial charge in [-0.2, -0.15) is 0 Å². The quantitative estimate of drug-likeness (QED) is 0.820. The minimum atomic E-state index is -0.385. The van der Waals surface area contributed by atoms with Crippen molar-refractivity contribution >= 4 is 5.91 Å². The number of aliphatic hydroxyl groups is 1. The van der Waals surface area contributed by atoms with Gasteiger partial charge in [0.1, 0.15) is 5.75 Å². The fourth-order valence-corrected chi connectivity index (χ4v) is 2.56. The molecule has 0 radical (unpaired) electrons. The van der Waals surface area contributed by atoms with Crippen molar-refractivity contribution in [3.63, 3.8) is 0 Å². The van der Waals surface area contributed by atoms with Crippen LogP contribution >= 0.6 is 0 Å². The molecule has 1 aromatic rings. The van der Waals surface area contributed by atoms with E-state index in [1.807, 2.05) is 12.1 Å². The minimum absolute atomic E-state index is 0.00807. The van der Waals surface area contributed by atoms with Gasteiger partial charge in [0.15, 0.2) is 0 Å². The Labute approximate surface area is 126 Å². The van der Waals surface area contributed by atoms with Crippen LogP contribution in [-0.4, -0.2) is 41.7 Å². The highest BCUT2D eigenvalue weighted by Gasteiger charge is 2.22. The monoisotopic (exact) mass is 291 g/mol. The maximum absolute atomic E-state index is 12.3. The molecule has 4 heteroatoms. The van der Waals surface area contributed by atoms with Crippen molar-refractivity contribution < 1.29 is 14.6 Å². The Bertz CT molecular complexity index is 444. The van der Waals surface area contributed by atoms with Crippen molar-refractivity contribution in [3.05, 3.63) is 29.8 Å². The highest BCUT2D eigenvalue weighted by atomic mass is 16.5. The highest BCUT2D eigenvalue weighted by molar-refractivity contribution is 5.94. The number of benzene rings is 1. The number of carbonyl (C=O) groups excluding carboxylic acids is 1. The second-order valence-electron chi connectivity index (χ2n) is 5.63. The van der Waals surface area contributed by atoms with Crippen LogP contribution in [0.2, 0.25) is 0 Å². The number of β-amino-alcohol motifs (C(OH)–C–C–N with tert-alkyl or cyclic N) is 1. The second kappa shape index (κ2) is 8.03. The molecule has 1 N–H and O–H groups in total. The summed E-state index contributed by atoms with van der Waals surface area (Å²) in [5.74, 6) is 0.799. The van der Waals surface area contributed by atoms with Gasteiger partial charge in [-0.1, -0.05) is 19.8 Å². The van der Waals surface area contributed by atoms with Gasteiger partial charge in [-0.15, -0.1) is 0 Å². The molecule has 1 aliphatic heterocycles. The van der Waals surface area contributed by atoms with Crippen LogP contribution in [0.1, 0.15) is 49.4 Å². The van der Waals surface area contributed by atoms with Crippen LogP contribution in [0.25, 0.3) is 0 Å². The molecular weight excluding hydrogens is 266 g/mol. The van der Waals surface area contributed by atoms with Crippen molar-refractivity contribution in [1.29, 1.82) is 0 Å². The summed E-state index contributed by atoms with van der Waals surface area (Å²) in [6, 6.07) is 7.30. The van der Waals surface area contributed by atoms with E-state index in [1.165, 1.54) is 12.8 Å². The number of rotatable bonds is 6. The largest absolute Gasteiger partial charge is 0.494 e. The van der Waals surface area contributed by atoms with E-state index in [0.29, 0.717) is 12.1 Å². The van der Waals surface area contributed by atoms with Gasteiger partial charge in [-0.3, -0.25) is 4.79 Å². The summed E-state index contributed by atoms with van der Waals surface area (Å²) in [5, 5.41) is 9.65. The zero-order valence-corrected chi connectivity index (χ0v) is 12.8. The summed E-state index contributed by atoms with van der Waals surface area (Å²) in [6.07, 6.45) is 4.68. The summed E-state index contributed by atoms with van der Waals surface area (Å²) >= 11 is 0. The van der Waals surface area contributed by atoms with Crippen LogP contribution in [-0.2, 0) is 0 Å². The lowest BCUT2D eigenvalue weighted by atomic mass is 10.1. The highest BCUT2D eigenvalue weighted by Crippen LogP contribution is 2.17. The van der Waals surface area contributed by atoms with Crippen molar-refractivity contribution in [1.82, 2.24) is 4.90 Å². The molecule has 0 aromatic heterocycles. The Morgan fingerprint density at radius 3 is 2.76 bits per heavy atom. The molecular formula is C17H25NO3. The SMILES string of the molecule is CCCCCOc1ccc(C(=O)N2CCCC(O)C2)cc1. The molecule has 1 amide bonds. The van der Waals surface area contributed by atoms with Crippen LogP contribution in [0.15, 0.2) is 24.3 Å². The first-order valence-electron chi connectivity index (χ1n) is 7.91. The van der Waals surface area contributed by atoms with Crippen LogP contribution in [0.4, 0.5) is 0 Å². The predicted molar refractivity (Wildman–Crippen MR) is 82.6 cm³/mol. The van der Waals surface area contributed by atoms with Crippen LogP contribution in [0, 0.1) is 0 Å². The third kappa shape index (κ3) is 4.74. The zero-order valence-electron chi connectivity index (χ0n) is 12.8. The summed E-state index contributed by atoms with van der Waals surface area (Å²) in [7, 11) is 0. The van der Waals surface area contributed by atoms with E-state index >= 15 is 0 Å². The number of likely N-dealkylation sites (tertiary alicyclic amines) is 1. The molecule has 1 saturated heterocycles. The molecule has 1 aromatic carbocycles. The minimum Gasteiger partial charge on any atom is -0.494 e. The third-order valence-electron chi connectivity index (χ3n) is 3.80. The lowest BCUT2D eigenvalue weighted by Crippen LogP contribution is -2.42. The first-order chi connectivity index (χ1) is 10.2. The lowest BCUT2D eigenvalue weighted by Gasteiger charge is -2.30. The Hall–Kier alpha value is -1.55. The number of amides is 1. The van der Waals surface area contributed by atoms with Gasteiger partial charge in [0.05, 0.1) is 12.7 Å². The van der Waals surface area contributed by atoms with Crippen molar-refractivity contribution in [2.24, 2.45) is 0 Å². The molecule has 1 unspecified atom stereocenters. The number of nitrogens with zero attached hydrogens (tertiary/aromatic N) is 1. The average molecular weight is 291 g/mol. The molecule has 4 nitrogen and oxygen atoms in total. The van der Waals surface area contributed by atoms with E-state index < -0.39 is 0 Å². The van der Waals surface area contributed by atoms with Crippen molar-refractivity contribution in [3.8, 4) is 5.75 Å². The maximum Gasteiger partial charge on any atom is 0.253 e. The van der Waals surface area contributed by atoms with E-state index in [-0.39, 0.29) is 12.0 Å². The van der Waals surface area contributed by atoms with E-state index in [9.17, 15) is 9.90 Å². The molecule has 21 heavy (non-hydrogen) atoms. The Kier molecular flexibility index (Phi) is 6.05. The Morgan fingerprint density at radius 2 is 2.10 bits per heavy atom. The molecule has 1 fully saturated rings. The van der Waals surface area contributed by atoms with Gasteiger partial charge >= 0.3 is 0 Å². The molecule has 2 rings (SSSR count). The molecule has 116 valence electrons. The van der Waals surface area contributed by atoms with Gasteiger partial charge in [0.2, 0.25) is 0 Å². The number of piperidine rings is 1. The molecule has 0 aliphatic carbocycles. The van der Waals surface area contributed by atoms with Gasteiger partial charge in [0, 0.05) is 18.7 Å². The number of carbonyl (C=O) groups is 1. The summed E-state index contributed by atoms with van der Waals surface area (Å²) < 4.78 is 5.64.